The van der Waals surface area contributed by atoms with Gasteiger partial charge in [0.05, 0.1) is 21.9 Å². The van der Waals surface area contributed by atoms with Gasteiger partial charge in [-0.15, -0.1) is 0 Å². The van der Waals surface area contributed by atoms with Crippen molar-refractivity contribution in [3.05, 3.63) is 85.3 Å². The fourth-order valence-corrected chi connectivity index (χ4v) is 3.76. The van der Waals surface area contributed by atoms with E-state index < -0.39 is 16.9 Å². The molecule has 8 nitrogen and oxygen atoms in total. The van der Waals surface area contributed by atoms with Gasteiger partial charge < -0.3 is 14.4 Å². The second-order valence-electron chi connectivity index (χ2n) is 7.00. The molecule has 0 unspecified atom stereocenters. The number of carbonyl (C=O) groups is 1. The maximum Gasteiger partial charge on any atom is 0.290 e. The highest BCUT2D eigenvalue weighted by atomic mass is 16.6. The van der Waals surface area contributed by atoms with Crippen LogP contribution in [0.1, 0.15) is 39.7 Å². The van der Waals surface area contributed by atoms with Crippen molar-refractivity contribution in [2.45, 2.75) is 19.4 Å². The predicted molar refractivity (Wildman–Crippen MR) is 105 cm³/mol. The fraction of sp³-hybridized carbons (Fsp3) is 0.238. The second kappa shape index (κ2) is 7.14. The molecular formula is C21H18N2O6. The molecule has 0 bridgehead atoms. The van der Waals surface area contributed by atoms with Crippen molar-refractivity contribution in [3.8, 4) is 0 Å². The quantitative estimate of drug-likeness (QED) is 0.526. The molecule has 4 rings (SSSR count). The van der Waals surface area contributed by atoms with Gasteiger partial charge >= 0.3 is 0 Å². The Balaban J connectivity index is 1.98. The van der Waals surface area contributed by atoms with Gasteiger partial charge in [-0.2, -0.15) is 0 Å². The first-order chi connectivity index (χ1) is 13.9. The molecule has 0 aliphatic carbocycles. The van der Waals surface area contributed by atoms with Crippen LogP contribution in [0.15, 0.2) is 51.7 Å². The van der Waals surface area contributed by atoms with Crippen LogP contribution >= 0.6 is 0 Å². The molecular weight excluding hydrogens is 376 g/mol. The normalized spacial score (nSPS) is 15.7. The largest absolute Gasteiger partial charge is 0.450 e. The van der Waals surface area contributed by atoms with Crippen molar-refractivity contribution >= 4 is 22.6 Å². The molecule has 1 atom stereocenters. The van der Waals surface area contributed by atoms with Crippen LogP contribution < -0.4 is 5.43 Å². The average molecular weight is 394 g/mol. The number of fused-ring (bicyclic) bond motifs is 2. The van der Waals surface area contributed by atoms with E-state index in [1.807, 2.05) is 6.92 Å². The van der Waals surface area contributed by atoms with Crippen LogP contribution in [0.2, 0.25) is 0 Å². The molecule has 3 aromatic rings. The highest BCUT2D eigenvalue weighted by Crippen LogP contribution is 2.39. The summed E-state index contributed by atoms with van der Waals surface area (Å²) >= 11 is 0. The summed E-state index contributed by atoms with van der Waals surface area (Å²) in [6, 6.07) is 10.2. The molecule has 1 amide bonds. The molecule has 148 valence electrons. The van der Waals surface area contributed by atoms with Crippen LogP contribution in [0.5, 0.6) is 0 Å². The van der Waals surface area contributed by atoms with Gasteiger partial charge in [-0.25, -0.2) is 0 Å². The lowest BCUT2D eigenvalue weighted by atomic mass is 9.97. The van der Waals surface area contributed by atoms with Crippen LogP contribution in [-0.2, 0) is 0 Å². The standard InChI is InChI=1S/C21H18N2O6/c1-12-6-7-16-15(10-12)19(25)17-18(13-4-2-5-14(11-13)23(27)28)22(8-3-9-24)21(26)20(17)29-16/h2,4-7,10-11,18,24H,3,8-9H2,1H3/t18-/m1/s1. The molecule has 0 fully saturated rings. The van der Waals surface area contributed by atoms with E-state index in [9.17, 15) is 24.8 Å². The van der Waals surface area contributed by atoms with Gasteiger partial charge in [0.15, 0.2) is 5.43 Å². The highest BCUT2D eigenvalue weighted by molar-refractivity contribution is 5.99. The molecule has 1 N–H and O–H groups in total. The van der Waals surface area contributed by atoms with E-state index in [-0.39, 0.29) is 35.6 Å². The summed E-state index contributed by atoms with van der Waals surface area (Å²) in [5.41, 5.74) is 1.34. The van der Waals surface area contributed by atoms with Crippen molar-refractivity contribution in [2.75, 3.05) is 13.2 Å². The molecule has 2 aromatic carbocycles. The summed E-state index contributed by atoms with van der Waals surface area (Å²) in [5.74, 6) is -0.523. The number of hydrogen-bond acceptors (Lipinski definition) is 6. The van der Waals surface area contributed by atoms with E-state index in [1.54, 1.807) is 24.3 Å². The number of amides is 1. The number of nitro benzene ring substituents is 1. The van der Waals surface area contributed by atoms with Crippen molar-refractivity contribution in [1.29, 1.82) is 0 Å². The van der Waals surface area contributed by atoms with Crippen molar-refractivity contribution < 1.29 is 19.2 Å². The van der Waals surface area contributed by atoms with Crippen LogP contribution in [0, 0.1) is 17.0 Å². The lowest BCUT2D eigenvalue weighted by Gasteiger charge is -2.24. The minimum Gasteiger partial charge on any atom is -0.450 e. The number of non-ortho nitro benzene ring substituents is 1. The minimum absolute atomic E-state index is 0.0548. The number of aliphatic hydroxyl groups is 1. The van der Waals surface area contributed by atoms with Crippen LogP contribution in [0.25, 0.3) is 11.0 Å². The summed E-state index contributed by atoms with van der Waals surface area (Å²) < 4.78 is 5.80. The van der Waals surface area contributed by atoms with E-state index in [4.69, 9.17) is 4.42 Å². The lowest BCUT2D eigenvalue weighted by Crippen LogP contribution is -2.31. The van der Waals surface area contributed by atoms with E-state index in [1.165, 1.54) is 23.1 Å². The molecule has 1 aromatic heterocycles. The maximum atomic E-state index is 13.3. The summed E-state index contributed by atoms with van der Waals surface area (Å²) in [4.78, 5) is 38.5. The number of carbonyl (C=O) groups excluding carboxylic acids is 1. The minimum atomic E-state index is -0.815. The smallest absolute Gasteiger partial charge is 0.290 e. The zero-order valence-electron chi connectivity index (χ0n) is 15.6. The van der Waals surface area contributed by atoms with Gasteiger partial charge in [0.1, 0.15) is 5.58 Å². The Kier molecular flexibility index (Phi) is 4.63. The Bertz CT molecular complexity index is 1200. The zero-order valence-corrected chi connectivity index (χ0v) is 15.6. The van der Waals surface area contributed by atoms with Crippen molar-refractivity contribution in [1.82, 2.24) is 4.90 Å². The number of benzene rings is 2. The summed E-state index contributed by atoms with van der Waals surface area (Å²) in [5, 5.41) is 20.8. The summed E-state index contributed by atoms with van der Waals surface area (Å²) in [6.45, 7) is 1.90. The van der Waals surface area contributed by atoms with E-state index in [2.05, 4.69) is 0 Å². The Labute approximate surface area is 165 Å². The Morgan fingerprint density at radius 3 is 2.72 bits per heavy atom. The molecule has 0 saturated carbocycles. The number of aliphatic hydroxyl groups excluding tert-OH is 1. The summed E-state index contributed by atoms with van der Waals surface area (Å²) in [6.07, 6.45) is 0.304. The average Bonchev–Trinajstić information content (AvgIpc) is 2.99. The van der Waals surface area contributed by atoms with Gasteiger partial charge in [-0.05, 0) is 31.0 Å². The number of nitro groups is 1. The monoisotopic (exact) mass is 394 g/mol. The predicted octanol–water partition coefficient (Wildman–Crippen LogP) is 2.94. The van der Waals surface area contributed by atoms with E-state index in [0.717, 1.165) is 5.56 Å². The molecule has 2 heterocycles. The van der Waals surface area contributed by atoms with Crippen LogP contribution in [0.3, 0.4) is 0 Å². The number of rotatable bonds is 5. The molecule has 1 aliphatic rings. The fourth-order valence-electron chi connectivity index (χ4n) is 3.76. The maximum absolute atomic E-state index is 13.3. The highest BCUT2D eigenvalue weighted by Gasteiger charge is 2.42. The van der Waals surface area contributed by atoms with Gasteiger partial charge in [-0.3, -0.25) is 19.7 Å². The molecule has 1 aliphatic heterocycles. The number of aryl methyl sites for hydroxylation is 1. The topological polar surface area (TPSA) is 114 Å². The van der Waals surface area contributed by atoms with Gasteiger partial charge in [-0.1, -0.05) is 23.8 Å². The molecule has 0 saturated heterocycles. The summed E-state index contributed by atoms with van der Waals surface area (Å²) in [7, 11) is 0. The SMILES string of the molecule is Cc1ccc2oc3c(c(=O)c2c1)[C@@H](c1cccc([N+](=O)[O-])c1)N(CCCO)C3=O. The molecule has 0 radical (unpaired) electrons. The number of nitrogens with zero attached hydrogens (tertiary/aromatic N) is 2. The van der Waals surface area contributed by atoms with Gasteiger partial charge in [0, 0.05) is 25.3 Å². The first-order valence-corrected chi connectivity index (χ1v) is 9.16. The Morgan fingerprint density at radius 1 is 1.21 bits per heavy atom. The van der Waals surface area contributed by atoms with E-state index in [0.29, 0.717) is 23.0 Å². The second-order valence-corrected chi connectivity index (χ2v) is 7.00. The lowest BCUT2D eigenvalue weighted by molar-refractivity contribution is -0.384. The van der Waals surface area contributed by atoms with Gasteiger partial charge in [0.25, 0.3) is 11.6 Å². The third-order valence-corrected chi connectivity index (χ3v) is 5.08. The Morgan fingerprint density at radius 2 is 2.00 bits per heavy atom. The number of hydrogen-bond donors (Lipinski definition) is 1. The first kappa shape index (κ1) is 18.8. The van der Waals surface area contributed by atoms with Crippen molar-refractivity contribution in [2.24, 2.45) is 0 Å². The molecule has 8 heteroatoms. The first-order valence-electron chi connectivity index (χ1n) is 9.16. The van der Waals surface area contributed by atoms with Crippen LogP contribution in [0.4, 0.5) is 5.69 Å². The molecule has 0 spiro atoms. The van der Waals surface area contributed by atoms with E-state index >= 15 is 0 Å². The van der Waals surface area contributed by atoms with Crippen molar-refractivity contribution in [3.63, 3.8) is 0 Å². The van der Waals surface area contributed by atoms with Gasteiger partial charge in [0.2, 0.25) is 5.76 Å². The van der Waals surface area contributed by atoms with Crippen LogP contribution in [-0.4, -0.2) is 34.0 Å². The third-order valence-electron chi connectivity index (χ3n) is 5.08. The molecule has 29 heavy (non-hydrogen) atoms. The zero-order chi connectivity index (χ0) is 20.7. The Hall–Kier alpha value is -3.52. The third kappa shape index (κ3) is 3.07.